The summed E-state index contributed by atoms with van der Waals surface area (Å²) in [6.07, 6.45) is 4.96. The van der Waals surface area contributed by atoms with E-state index < -0.39 is 24.0 Å². The van der Waals surface area contributed by atoms with Crippen LogP contribution < -0.4 is 0 Å². The van der Waals surface area contributed by atoms with E-state index in [1.54, 1.807) is 24.3 Å². The molecule has 1 aromatic rings. The van der Waals surface area contributed by atoms with Gasteiger partial charge in [-0.25, -0.2) is 9.18 Å². The highest BCUT2D eigenvalue weighted by Gasteiger charge is 2.25. The van der Waals surface area contributed by atoms with Crippen LogP contribution in [0.15, 0.2) is 48.1 Å². The Balaban J connectivity index is 2.04. The summed E-state index contributed by atoms with van der Waals surface area (Å²) in [6, 6.07) is 5.94. The first-order chi connectivity index (χ1) is 9.97. The lowest BCUT2D eigenvalue weighted by Crippen LogP contribution is -2.20. The van der Waals surface area contributed by atoms with Crippen LogP contribution in [-0.2, 0) is 20.8 Å². The molecule has 21 heavy (non-hydrogen) atoms. The summed E-state index contributed by atoms with van der Waals surface area (Å²) in [7, 11) is 0. The Morgan fingerprint density at radius 3 is 2.43 bits per heavy atom. The van der Waals surface area contributed by atoms with Gasteiger partial charge in [0.05, 0.1) is 6.42 Å². The van der Waals surface area contributed by atoms with Crippen molar-refractivity contribution in [1.29, 1.82) is 0 Å². The fourth-order valence-corrected chi connectivity index (χ4v) is 2.20. The number of aliphatic carboxylic acids is 1. The van der Waals surface area contributed by atoms with Gasteiger partial charge in [0, 0.05) is 11.5 Å². The summed E-state index contributed by atoms with van der Waals surface area (Å²) in [5.41, 5.74) is 1.27. The Kier molecular flexibility index (Phi) is 4.42. The largest absolute Gasteiger partial charge is 0.475 e. The molecule has 1 aliphatic carbocycles. The van der Waals surface area contributed by atoms with E-state index in [1.165, 1.54) is 12.1 Å². The van der Waals surface area contributed by atoms with Crippen molar-refractivity contribution in [1.82, 2.24) is 0 Å². The number of carboxylic acids is 1. The Hall–Kier alpha value is -2.56. The fourth-order valence-electron chi connectivity index (χ4n) is 2.20. The zero-order chi connectivity index (χ0) is 15.4. The molecule has 2 rings (SSSR count). The van der Waals surface area contributed by atoms with E-state index in [1.807, 2.05) is 6.08 Å². The molecule has 0 aromatic heterocycles. The van der Waals surface area contributed by atoms with Gasteiger partial charge < -0.3 is 5.11 Å². The van der Waals surface area contributed by atoms with Crippen molar-refractivity contribution < 1.29 is 23.9 Å². The van der Waals surface area contributed by atoms with Crippen LogP contribution >= 0.6 is 0 Å². The van der Waals surface area contributed by atoms with E-state index in [4.69, 9.17) is 5.11 Å². The predicted molar refractivity (Wildman–Crippen MR) is 73.1 cm³/mol. The molecule has 0 saturated heterocycles. The molecule has 5 heteroatoms. The van der Waals surface area contributed by atoms with E-state index >= 15 is 0 Å². The molecule has 1 aliphatic rings. The molecular weight excluding hydrogens is 275 g/mol. The number of hydrogen-bond donors (Lipinski definition) is 1. The van der Waals surface area contributed by atoms with Gasteiger partial charge >= 0.3 is 5.97 Å². The van der Waals surface area contributed by atoms with E-state index in [0.29, 0.717) is 12.0 Å². The lowest BCUT2D eigenvalue weighted by atomic mass is 9.90. The molecule has 1 unspecified atom stereocenters. The van der Waals surface area contributed by atoms with E-state index in [9.17, 15) is 18.8 Å². The number of carboxylic acid groups (broad SMARTS) is 1. The van der Waals surface area contributed by atoms with Gasteiger partial charge in [0.2, 0.25) is 5.78 Å². The fraction of sp³-hybridized carbons (Fsp3) is 0.188. The van der Waals surface area contributed by atoms with Crippen LogP contribution in [0.3, 0.4) is 0 Å². The maximum absolute atomic E-state index is 12.9. The number of benzene rings is 1. The van der Waals surface area contributed by atoms with Gasteiger partial charge in [-0.3, -0.25) is 9.59 Å². The average molecular weight is 288 g/mol. The number of carbonyl (C=O) groups excluding carboxylic acids is 2. The van der Waals surface area contributed by atoms with Crippen LogP contribution in [-0.4, -0.2) is 22.6 Å². The normalized spacial score (nSPS) is 16.6. The number of carbonyl (C=O) groups is 3. The minimum atomic E-state index is -1.61. The standard InChI is InChI=1S/C16H13FO4/c17-12-6-4-10(5-7-12)8-11-2-1-3-13(11)14(18)9-15(19)16(20)21/h1-7,11H,8-9H2,(H,20,21). The lowest BCUT2D eigenvalue weighted by Gasteiger charge is -2.12. The number of allylic oxidation sites excluding steroid dienone is 4. The summed E-state index contributed by atoms with van der Waals surface area (Å²) < 4.78 is 12.9. The maximum Gasteiger partial charge on any atom is 0.372 e. The summed E-state index contributed by atoms with van der Waals surface area (Å²) in [4.78, 5) is 33.5. The highest BCUT2D eigenvalue weighted by Crippen LogP contribution is 2.25. The molecule has 108 valence electrons. The van der Waals surface area contributed by atoms with Crippen LogP contribution in [0.1, 0.15) is 12.0 Å². The Labute approximate surface area is 120 Å². The third-order valence-electron chi connectivity index (χ3n) is 3.27. The minimum absolute atomic E-state index is 0.218. The highest BCUT2D eigenvalue weighted by molar-refractivity contribution is 6.37. The average Bonchev–Trinajstić information content (AvgIpc) is 2.89. The highest BCUT2D eigenvalue weighted by atomic mass is 19.1. The van der Waals surface area contributed by atoms with Gasteiger partial charge in [-0.1, -0.05) is 30.4 Å². The van der Waals surface area contributed by atoms with E-state index in [0.717, 1.165) is 5.56 Å². The topological polar surface area (TPSA) is 71.4 Å². The molecule has 4 nitrogen and oxygen atoms in total. The van der Waals surface area contributed by atoms with Gasteiger partial charge in [-0.15, -0.1) is 0 Å². The van der Waals surface area contributed by atoms with Crippen LogP contribution in [0.4, 0.5) is 4.39 Å². The molecule has 0 heterocycles. The Morgan fingerprint density at radius 1 is 1.14 bits per heavy atom. The molecule has 0 radical (unpaired) electrons. The lowest BCUT2D eigenvalue weighted by molar-refractivity contribution is -0.150. The van der Waals surface area contributed by atoms with Crippen LogP contribution in [0.5, 0.6) is 0 Å². The quantitative estimate of drug-likeness (QED) is 0.642. The number of ketones is 2. The molecule has 1 N–H and O–H groups in total. The van der Waals surface area contributed by atoms with Gasteiger partial charge in [0.15, 0.2) is 5.78 Å². The number of Topliss-reactive ketones (excluding diaryl/α,β-unsaturated/α-hetero) is 2. The summed E-state index contributed by atoms with van der Waals surface area (Å²) in [5, 5.41) is 8.53. The van der Waals surface area contributed by atoms with Crippen molar-refractivity contribution in [2.75, 3.05) is 0 Å². The van der Waals surface area contributed by atoms with Crippen molar-refractivity contribution in [2.24, 2.45) is 5.92 Å². The molecule has 0 aliphatic heterocycles. The first-order valence-electron chi connectivity index (χ1n) is 6.39. The third-order valence-corrected chi connectivity index (χ3v) is 3.27. The Bertz CT molecular complexity index is 641. The smallest absolute Gasteiger partial charge is 0.372 e. The first-order valence-corrected chi connectivity index (χ1v) is 6.39. The van der Waals surface area contributed by atoms with Gasteiger partial charge in [0.25, 0.3) is 0 Å². The first kappa shape index (κ1) is 14.8. The summed E-state index contributed by atoms with van der Waals surface area (Å²) in [5.74, 6) is -3.76. The van der Waals surface area contributed by atoms with Crippen molar-refractivity contribution >= 4 is 17.5 Å². The predicted octanol–water partition coefficient (Wildman–Crippen LogP) is 2.09. The second-order valence-electron chi connectivity index (χ2n) is 4.77. The second-order valence-corrected chi connectivity index (χ2v) is 4.77. The second kappa shape index (κ2) is 6.26. The number of hydrogen-bond acceptors (Lipinski definition) is 3. The third kappa shape index (κ3) is 3.72. The molecule has 1 atom stereocenters. The van der Waals surface area contributed by atoms with Crippen LogP contribution in [0.2, 0.25) is 0 Å². The summed E-state index contributed by atoms with van der Waals surface area (Å²) in [6.45, 7) is 0. The van der Waals surface area contributed by atoms with Gasteiger partial charge in [0.1, 0.15) is 5.82 Å². The van der Waals surface area contributed by atoms with Crippen LogP contribution in [0, 0.1) is 11.7 Å². The van der Waals surface area contributed by atoms with Crippen molar-refractivity contribution in [3.05, 3.63) is 59.4 Å². The molecule has 0 fully saturated rings. The van der Waals surface area contributed by atoms with E-state index in [-0.39, 0.29) is 11.7 Å². The van der Waals surface area contributed by atoms with Gasteiger partial charge in [-0.05, 0) is 24.1 Å². The SMILES string of the molecule is O=C(O)C(=O)CC(=O)C1=CC=CC1Cc1ccc(F)cc1. The summed E-state index contributed by atoms with van der Waals surface area (Å²) >= 11 is 0. The van der Waals surface area contributed by atoms with Crippen LogP contribution in [0.25, 0.3) is 0 Å². The Morgan fingerprint density at radius 2 is 1.81 bits per heavy atom. The monoisotopic (exact) mass is 288 g/mol. The van der Waals surface area contributed by atoms with Crippen molar-refractivity contribution in [2.45, 2.75) is 12.8 Å². The molecule has 0 spiro atoms. The van der Waals surface area contributed by atoms with E-state index in [2.05, 4.69) is 0 Å². The zero-order valence-corrected chi connectivity index (χ0v) is 11.1. The molecule has 0 saturated carbocycles. The minimum Gasteiger partial charge on any atom is -0.475 e. The van der Waals surface area contributed by atoms with Crippen molar-refractivity contribution in [3.63, 3.8) is 0 Å². The molecule has 0 bridgehead atoms. The number of halogens is 1. The molecular formula is C16H13FO4. The number of rotatable bonds is 6. The maximum atomic E-state index is 12.9. The van der Waals surface area contributed by atoms with Crippen molar-refractivity contribution in [3.8, 4) is 0 Å². The zero-order valence-electron chi connectivity index (χ0n) is 11.1. The molecule has 1 aromatic carbocycles. The molecule has 0 amide bonds. The van der Waals surface area contributed by atoms with Gasteiger partial charge in [-0.2, -0.15) is 0 Å².